The molecular formula is C35H37BrClN3O5S. The lowest BCUT2D eigenvalue weighted by atomic mass is 10.0. The van der Waals surface area contributed by atoms with Gasteiger partial charge in [-0.15, -0.1) is 0 Å². The Morgan fingerprint density at radius 2 is 1.54 bits per heavy atom. The summed E-state index contributed by atoms with van der Waals surface area (Å²) in [5.74, 6) is -0.195. The number of sulfonamides is 1. The molecule has 11 heteroatoms. The van der Waals surface area contributed by atoms with Crippen LogP contribution in [-0.2, 0) is 32.6 Å². The molecule has 0 heterocycles. The van der Waals surface area contributed by atoms with Crippen molar-refractivity contribution in [2.75, 3.05) is 24.5 Å². The van der Waals surface area contributed by atoms with Crippen molar-refractivity contribution in [3.05, 3.63) is 124 Å². The summed E-state index contributed by atoms with van der Waals surface area (Å²) >= 11 is 9.64. The molecule has 0 radical (unpaired) electrons. The van der Waals surface area contributed by atoms with Gasteiger partial charge >= 0.3 is 0 Å². The van der Waals surface area contributed by atoms with Gasteiger partial charge in [-0.1, -0.05) is 83.8 Å². The molecule has 4 aromatic rings. The molecule has 8 nitrogen and oxygen atoms in total. The first-order chi connectivity index (χ1) is 22.0. The SMILES string of the molecule is COc1ccc(S(=O)(=O)N(CC(=O)N(Cc2cccc(Br)c2)[C@@H](Cc2ccccc2)C(=O)NCC(C)C)c2ccc(Cl)cc2)cc1. The maximum atomic E-state index is 14.5. The van der Waals surface area contributed by atoms with Crippen LogP contribution in [0.15, 0.2) is 112 Å². The van der Waals surface area contributed by atoms with E-state index in [9.17, 15) is 18.0 Å². The van der Waals surface area contributed by atoms with E-state index >= 15 is 0 Å². The number of nitrogens with one attached hydrogen (secondary N) is 1. The number of amides is 2. The first kappa shape index (κ1) is 35.0. The number of anilines is 1. The third-order valence-electron chi connectivity index (χ3n) is 7.24. The zero-order valence-corrected chi connectivity index (χ0v) is 29.1. The minimum Gasteiger partial charge on any atom is -0.497 e. The molecule has 4 aromatic carbocycles. The number of hydrogen-bond acceptors (Lipinski definition) is 5. The highest BCUT2D eigenvalue weighted by molar-refractivity contribution is 9.10. The molecule has 0 fully saturated rings. The molecule has 0 bridgehead atoms. The van der Waals surface area contributed by atoms with Crippen LogP contribution in [0.2, 0.25) is 5.02 Å². The van der Waals surface area contributed by atoms with Gasteiger partial charge in [0.15, 0.2) is 0 Å². The predicted octanol–water partition coefficient (Wildman–Crippen LogP) is 6.72. The lowest BCUT2D eigenvalue weighted by Crippen LogP contribution is -2.53. The second kappa shape index (κ2) is 16.1. The Morgan fingerprint density at radius 3 is 2.15 bits per heavy atom. The van der Waals surface area contributed by atoms with Crippen molar-refractivity contribution in [3.8, 4) is 5.75 Å². The number of rotatable bonds is 14. The molecule has 1 atom stereocenters. The van der Waals surface area contributed by atoms with E-state index in [2.05, 4.69) is 21.2 Å². The normalized spacial score (nSPS) is 12.0. The largest absolute Gasteiger partial charge is 0.497 e. The second-order valence-electron chi connectivity index (χ2n) is 11.2. The summed E-state index contributed by atoms with van der Waals surface area (Å²) in [4.78, 5) is 29.8. The molecule has 0 saturated carbocycles. The van der Waals surface area contributed by atoms with Crippen LogP contribution in [0.25, 0.3) is 0 Å². The fourth-order valence-electron chi connectivity index (χ4n) is 4.82. The zero-order valence-electron chi connectivity index (χ0n) is 25.9. The average Bonchev–Trinajstić information content (AvgIpc) is 3.05. The van der Waals surface area contributed by atoms with Crippen molar-refractivity contribution < 1.29 is 22.7 Å². The smallest absolute Gasteiger partial charge is 0.264 e. The predicted molar refractivity (Wildman–Crippen MR) is 185 cm³/mol. The molecule has 1 N–H and O–H groups in total. The zero-order chi connectivity index (χ0) is 33.3. The Hall–Kier alpha value is -3.86. The van der Waals surface area contributed by atoms with Gasteiger partial charge in [0.25, 0.3) is 10.0 Å². The molecule has 0 aliphatic carbocycles. The summed E-state index contributed by atoms with van der Waals surface area (Å²) in [6.45, 7) is 3.91. The van der Waals surface area contributed by atoms with Crippen molar-refractivity contribution in [2.24, 2.45) is 5.92 Å². The highest BCUT2D eigenvalue weighted by Crippen LogP contribution is 2.27. The van der Waals surface area contributed by atoms with Gasteiger partial charge < -0.3 is 15.0 Å². The van der Waals surface area contributed by atoms with E-state index in [4.69, 9.17) is 16.3 Å². The summed E-state index contributed by atoms with van der Waals surface area (Å²) < 4.78 is 35.4. The fourth-order valence-corrected chi connectivity index (χ4v) is 6.81. The molecule has 0 aliphatic heterocycles. The third kappa shape index (κ3) is 9.34. The Bertz CT molecular complexity index is 1720. The van der Waals surface area contributed by atoms with E-state index in [0.717, 1.165) is 19.9 Å². The van der Waals surface area contributed by atoms with Crippen LogP contribution in [0.3, 0.4) is 0 Å². The Kier molecular flexibility index (Phi) is 12.3. The molecule has 0 aromatic heterocycles. The van der Waals surface area contributed by atoms with Crippen molar-refractivity contribution in [2.45, 2.75) is 37.8 Å². The number of halogens is 2. The van der Waals surface area contributed by atoms with Gasteiger partial charge in [0, 0.05) is 29.0 Å². The Morgan fingerprint density at radius 1 is 0.891 bits per heavy atom. The summed E-state index contributed by atoms with van der Waals surface area (Å²) in [6.07, 6.45) is 0.233. The molecule has 46 heavy (non-hydrogen) atoms. The molecule has 0 saturated heterocycles. The standard InChI is InChI=1S/C35H37BrClN3O5S/c1-25(2)22-38-35(42)33(21-26-8-5-4-6-9-26)39(23-27-10-7-11-28(36)20-27)34(41)24-40(30-14-12-29(37)13-15-30)46(43,44)32-18-16-31(45-3)17-19-32/h4-20,25,33H,21-24H2,1-3H3,(H,38,42)/t33-/m0/s1. The number of ether oxygens (including phenoxy) is 1. The fraction of sp³-hybridized carbons (Fsp3) is 0.257. The monoisotopic (exact) mass is 725 g/mol. The summed E-state index contributed by atoms with van der Waals surface area (Å²) in [6, 6.07) is 28.1. The van der Waals surface area contributed by atoms with Crippen LogP contribution < -0.4 is 14.4 Å². The molecule has 0 aliphatic rings. The number of carbonyl (C=O) groups is 2. The lowest BCUT2D eigenvalue weighted by Gasteiger charge is -2.34. The maximum Gasteiger partial charge on any atom is 0.264 e. The highest BCUT2D eigenvalue weighted by Gasteiger charge is 2.34. The maximum absolute atomic E-state index is 14.5. The van der Waals surface area contributed by atoms with E-state index in [-0.39, 0.29) is 35.4 Å². The Balaban J connectivity index is 1.79. The molecule has 0 spiro atoms. The van der Waals surface area contributed by atoms with Gasteiger partial charge in [-0.3, -0.25) is 13.9 Å². The molecule has 0 unspecified atom stereocenters. The van der Waals surface area contributed by atoms with E-state index in [1.54, 1.807) is 36.4 Å². The van der Waals surface area contributed by atoms with Crippen LogP contribution in [-0.4, -0.2) is 51.4 Å². The molecule has 242 valence electrons. The van der Waals surface area contributed by atoms with Crippen molar-refractivity contribution in [1.82, 2.24) is 10.2 Å². The number of benzene rings is 4. The third-order valence-corrected chi connectivity index (χ3v) is 9.77. The summed E-state index contributed by atoms with van der Waals surface area (Å²) in [5, 5.41) is 3.41. The number of carbonyl (C=O) groups excluding carboxylic acids is 2. The number of hydrogen-bond donors (Lipinski definition) is 1. The highest BCUT2D eigenvalue weighted by atomic mass is 79.9. The van der Waals surface area contributed by atoms with Gasteiger partial charge in [-0.2, -0.15) is 0 Å². The number of methoxy groups -OCH3 is 1. The Labute approximate surface area is 284 Å². The van der Waals surface area contributed by atoms with Gasteiger partial charge in [-0.05, 0) is 77.7 Å². The minimum atomic E-state index is -4.25. The first-order valence-electron chi connectivity index (χ1n) is 14.8. The topological polar surface area (TPSA) is 96.0 Å². The summed E-state index contributed by atoms with van der Waals surface area (Å²) in [7, 11) is -2.76. The van der Waals surface area contributed by atoms with E-state index < -0.39 is 28.5 Å². The van der Waals surface area contributed by atoms with Gasteiger partial charge in [0.2, 0.25) is 11.8 Å². The quantitative estimate of drug-likeness (QED) is 0.156. The van der Waals surface area contributed by atoms with Crippen LogP contribution in [0.4, 0.5) is 5.69 Å². The minimum absolute atomic E-state index is 0.0231. The molecule has 4 rings (SSSR count). The van der Waals surface area contributed by atoms with Crippen molar-refractivity contribution in [1.29, 1.82) is 0 Å². The van der Waals surface area contributed by atoms with E-state index in [0.29, 0.717) is 17.3 Å². The van der Waals surface area contributed by atoms with Crippen molar-refractivity contribution in [3.63, 3.8) is 0 Å². The van der Waals surface area contributed by atoms with Crippen molar-refractivity contribution >= 4 is 55.1 Å². The van der Waals surface area contributed by atoms with Crippen LogP contribution in [0.1, 0.15) is 25.0 Å². The van der Waals surface area contributed by atoms with Crippen LogP contribution in [0.5, 0.6) is 5.75 Å². The van der Waals surface area contributed by atoms with Gasteiger partial charge in [0.05, 0.1) is 17.7 Å². The van der Waals surface area contributed by atoms with Gasteiger partial charge in [0.1, 0.15) is 18.3 Å². The first-order valence-corrected chi connectivity index (χ1v) is 17.4. The average molecular weight is 727 g/mol. The summed E-state index contributed by atoms with van der Waals surface area (Å²) in [5.41, 5.74) is 1.88. The molecular weight excluding hydrogens is 690 g/mol. The lowest BCUT2D eigenvalue weighted by molar-refractivity contribution is -0.140. The van der Waals surface area contributed by atoms with E-state index in [1.165, 1.54) is 24.1 Å². The van der Waals surface area contributed by atoms with E-state index in [1.807, 2.05) is 68.4 Å². The second-order valence-corrected chi connectivity index (χ2v) is 14.4. The number of nitrogens with zero attached hydrogens (tertiary/aromatic N) is 2. The molecule has 2 amide bonds. The van der Waals surface area contributed by atoms with Crippen LogP contribution >= 0.6 is 27.5 Å². The van der Waals surface area contributed by atoms with Gasteiger partial charge in [-0.25, -0.2) is 8.42 Å². The van der Waals surface area contributed by atoms with Crippen LogP contribution in [0, 0.1) is 5.92 Å².